The normalized spacial score (nSPS) is 20.9. The maximum atomic E-state index is 12.3. The van der Waals surface area contributed by atoms with Gasteiger partial charge in [0.1, 0.15) is 11.3 Å². The van der Waals surface area contributed by atoms with Crippen molar-refractivity contribution in [3.8, 4) is 0 Å². The van der Waals surface area contributed by atoms with Crippen LogP contribution in [0, 0.1) is 5.41 Å². The van der Waals surface area contributed by atoms with Gasteiger partial charge in [0.2, 0.25) is 0 Å². The van der Waals surface area contributed by atoms with Crippen molar-refractivity contribution in [1.82, 2.24) is 9.80 Å². The van der Waals surface area contributed by atoms with E-state index in [9.17, 15) is 9.59 Å². The molecular formula is C14H24N2O3. The van der Waals surface area contributed by atoms with E-state index in [2.05, 4.69) is 0 Å². The Bertz CT molecular complexity index is 417. The van der Waals surface area contributed by atoms with Crippen LogP contribution >= 0.6 is 0 Å². The number of ether oxygens (including phenoxy) is 1. The molecule has 1 aliphatic rings. The second-order valence-electron chi connectivity index (χ2n) is 6.76. The molecule has 1 aliphatic heterocycles. The molecule has 0 aromatic rings. The smallest absolute Gasteiger partial charge is 0.414 e. The van der Waals surface area contributed by atoms with E-state index in [4.69, 9.17) is 4.74 Å². The molecule has 0 saturated carbocycles. The van der Waals surface area contributed by atoms with E-state index in [1.54, 1.807) is 11.1 Å². The second kappa shape index (κ2) is 4.87. The Morgan fingerprint density at radius 1 is 1.37 bits per heavy atom. The zero-order valence-corrected chi connectivity index (χ0v) is 12.9. The summed E-state index contributed by atoms with van der Waals surface area (Å²) in [6.45, 7) is 9.45. The van der Waals surface area contributed by atoms with Crippen molar-refractivity contribution in [2.24, 2.45) is 5.41 Å². The molecule has 0 aromatic carbocycles. The largest absolute Gasteiger partial charge is 0.443 e. The van der Waals surface area contributed by atoms with Crippen molar-refractivity contribution in [2.75, 3.05) is 20.6 Å². The Morgan fingerprint density at radius 2 is 1.89 bits per heavy atom. The maximum Gasteiger partial charge on any atom is 0.414 e. The third kappa shape index (κ3) is 3.72. The van der Waals surface area contributed by atoms with Gasteiger partial charge >= 0.3 is 6.09 Å². The van der Waals surface area contributed by atoms with E-state index in [-0.39, 0.29) is 5.78 Å². The van der Waals surface area contributed by atoms with Crippen LogP contribution in [0.1, 0.15) is 34.6 Å². The summed E-state index contributed by atoms with van der Waals surface area (Å²) in [7, 11) is 3.64. The van der Waals surface area contributed by atoms with Gasteiger partial charge in [-0.25, -0.2) is 4.79 Å². The Balaban J connectivity index is 3.05. The predicted molar refractivity (Wildman–Crippen MR) is 73.5 cm³/mol. The molecular weight excluding hydrogens is 244 g/mol. The first kappa shape index (κ1) is 15.5. The van der Waals surface area contributed by atoms with Crippen molar-refractivity contribution in [3.63, 3.8) is 0 Å². The molecule has 0 bridgehead atoms. The third-order valence-corrected chi connectivity index (χ3v) is 2.69. The van der Waals surface area contributed by atoms with Crippen LogP contribution in [0.3, 0.4) is 0 Å². The van der Waals surface area contributed by atoms with Gasteiger partial charge in [-0.3, -0.25) is 9.69 Å². The van der Waals surface area contributed by atoms with Crippen molar-refractivity contribution in [2.45, 2.75) is 40.2 Å². The zero-order valence-electron chi connectivity index (χ0n) is 12.9. The van der Waals surface area contributed by atoms with Gasteiger partial charge in [-0.15, -0.1) is 0 Å². The molecule has 5 nitrogen and oxygen atoms in total. The highest BCUT2D eigenvalue weighted by molar-refractivity contribution is 6.04. The molecule has 1 heterocycles. The first-order chi connectivity index (χ1) is 8.44. The molecule has 108 valence electrons. The second-order valence-corrected chi connectivity index (χ2v) is 6.76. The molecule has 1 saturated heterocycles. The Hall–Kier alpha value is -1.52. The fourth-order valence-corrected chi connectivity index (χ4v) is 1.87. The highest BCUT2D eigenvalue weighted by Crippen LogP contribution is 2.34. The number of amides is 1. The van der Waals surface area contributed by atoms with E-state index < -0.39 is 17.1 Å². The number of rotatable bonds is 1. The number of likely N-dealkylation sites (tertiary alicyclic amines) is 1. The lowest BCUT2D eigenvalue weighted by Crippen LogP contribution is -2.35. The first-order valence-electron chi connectivity index (χ1n) is 6.37. The molecule has 0 atom stereocenters. The van der Waals surface area contributed by atoms with E-state index in [1.165, 1.54) is 4.90 Å². The lowest BCUT2D eigenvalue weighted by atomic mass is 9.91. The molecule has 19 heavy (non-hydrogen) atoms. The number of ketones is 1. The average Bonchev–Trinajstić information content (AvgIpc) is 2.38. The number of hydrogen-bond acceptors (Lipinski definition) is 4. The zero-order chi connectivity index (χ0) is 15.0. The summed E-state index contributed by atoms with van der Waals surface area (Å²) in [6, 6.07) is 0. The molecule has 0 radical (unpaired) electrons. The highest BCUT2D eigenvalue weighted by atomic mass is 16.6. The van der Waals surface area contributed by atoms with Gasteiger partial charge in [0, 0.05) is 32.3 Å². The third-order valence-electron chi connectivity index (χ3n) is 2.69. The number of Topliss-reactive ketones (excluding diaryl/α,β-unsaturated/α-hetero) is 1. The van der Waals surface area contributed by atoms with E-state index in [0.29, 0.717) is 12.2 Å². The van der Waals surface area contributed by atoms with Crippen molar-refractivity contribution >= 4 is 11.9 Å². The van der Waals surface area contributed by atoms with Gasteiger partial charge in [-0.2, -0.15) is 0 Å². The predicted octanol–water partition coefficient (Wildman–Crippen LogP) is 2.24. The van der Waals surface area contributed by atoms with Gasteiger partial charge in [0.25, 0.3) is 0 Å². The molecule has 0 spiro atoms. The fraction of sp³-hybridized carbons (Fsp3) is 0.714. The average molecular weight is 268 g/mol. The van der Waals surface area contributed by atoms with Crippen LogP contribution in [-0.4, -0.2) is 47.9 Å². The van der Waals surface area contributed by atoms with Crippen LogP contribution in [0.2, 0.25) is 0 Å². The molecule has 0 aliphatic carbocycles. The summed E-state index contributed by atoms with van der Waals surface area (Å²) in [5, 5.41) is 0. The molecule has 0 N–H and O–H groups in total. The van der Waals surface area contributed by atoms with Crippen LogP contribution in [0.15, 0.2) is 11.9 Å². The Kier molecular flexibility index (Phi) is 3.98. The molecule has 0 aromatic heterocycles. The molecule has 5 heteroatoms. The van der Waals surface area contributed by atoms with Gasteiger partial charge in [0.15, 0.2) is 5.78 Å². The molecule has 1 rings (SSSR count). The molecule has 1 amide bonds. The maximum absolute atomic E-state index is 12.3. The van der Waals surface area contributed by atoms with Crippen LogP contribution < -0.4 is 0 Å². The summed E-state index contributed by atoms with van der Waals surface area (Å²) in [4.78, 5) is 27.7. The van der Waals surface area contributed by atoms with E-state index in [0.717, 1.165) is 0 Å². The fourth-order valence-electron chi connectivity index (χ4n) is 1.87. The summed E-state index contributed by atoms with van der Waals surface area (Å²) in [6.07, 6.45) is 1.19. The Morgan fingerprint density at radius 3 is 2.32 bits per heavy atom. The SMILES string of the molecule is CN(C)C=C1C(=O)C(C)(C)CN1C(=O)OC(C)(C)C. The van der Waals surface area contributed by atoms with Crippen LogP contribution in [-0.2, 0) is 9.53 Å². The monoisotopic (exact) mass is 268 g/mol. The lowest BCUT2D eigenvalue weighted by Gasteiger charge is -2.25. The topological polar surface area (TPSA) is 49.9 Å². The first-order valence-corrected chi connectivity index (χ1v) is 6.37. The number of carbonyl (C=O) groups excluding carboxylic acids is 2. The van der Waals surface area contributed by atoms with Crippen LogP contribution in [0.5, 0.6) is 0 Å². The minimum Gasteiger partial charge on any atom is -0.443 e. The van der Waals surface area contributed by atoms with Crippen LogP contribution in [0.25, 0.3) is 0 Å². The van der Waals surface area contributed by atoms with Crippen LogP contribution in [0.4, 0.5) is 4.79 Å². The summed E-state index contributed by atoms with van der Waals surface area (Å²) in [5.41, 5.74) is -0.751. The summed E-state index contributed by atoms with van der Waals surface area (Å²) < 4.78 is 5.35. The molecule has 0 unspecified atom stereocenters. The summed E-state index contributed by atoms with van der Waals surface area (Å²) in [5.74, 6) is -0.0351. The summed E-state index contributed by atoms with van der Waals surface area (Å²) >= 11 is 0. The van der Waals surface area contributed by atoms with E-state index >= 15 is 0 Å². The number of hydrogen-bond donors (Lipinski definition) is 0. The quantitative estimate of drug-likeness (QED) is 0.684. The minimum absolute atomic E-state index is 0.0351. The number of nitrogens with zero attached hydrogens (tertiary/aromatic N) is 2. The van der Waals surface area contributed by atoms with Gasteiger partial charge in [-0.1, -0.05) is 13.8 Å². The Labute approximate surface area is 115 Å². The molecule has 1 fully saturated rings. The van der Waals surface area contributed by atoms with Gasteiger partial charge in [0.05, 0.1) is 0 Å². The van der Waals surface area contributed by atoms with Gasteiger partial charge in [-0.05, 0) is 20.8 Å². The standard InChI is InChI=1S/C14H24N2O3/c1-13(2,3)19-12(18)16-9-14(4,5)11(17)10(16)8-15(6)7/h8H,9H2,1-7H3. The lowest BCUT2D eigenvalue weighted by molar-refractivity contribution is -0.121. The number of allylic oxidation sites excluding steroid dienone is 1. The highest BCUT2D eigenvalue weighted by Gasteiger charge is 2.45. The minimum atomic E-state index is -0.573. The van der Waals surface area contributed by atoms with Gasteiger partial charge < -0.3 is 9.64 Å². The van der Waals surface area contributed by atoms with E-state index in [1.807, 2.05) is 48.7 Å². The number of carbonyl (C=O) groups is 2. The van der Waals surface area contributed by atoms with Crippen molar-refractivity contribution in [1.29, 1.82) is 0 Å². The van der Waals surface area contributed by atoms with Crippen molar-refractivity contribution < 1.29 is 14.3 Å². The van der Waals surface area contributed by atoms with Crippen molar-refractivity contribution in [3.05, 3.63) is 11.9 Å².